The van der Waals surface area contributed by atoms with Gasteiger partial charge in [-0.05, 0) is 18.6 Å². The van der Waals surface area contributed by atoms with Crippen LogP contribution in [0, 0.1) is 11.6 Å². The fourth-order valence-electron chi connectivity index (χ4n) is 1.59. The van der Waals surface area contributed by atoms with E-state index in [9.17, 15) is 13.6 Å². The van der Waals surface area contributed by atoms with Gasteiger partial charge in [0.2, 0.25) is 0 Å². The Morgan fingerprint density at radius 2 is 1.89 bits per heavy atom. The summed E-state index contributed by atoms with van der Waals surface area (Å²) in [5, 5.41) is 0. The van der Waals surface area contributed by atoms with Crippen molar-refractivity contribution >= 4 is 33.4 Å². The van der Waals surface area contributed by atoms with Crippen LogP contribution in [0.4, 0.5) is 8.78 Å². The summed E-state index contributed by atoms with van der Waals surface area (Å²) in [4.78, 5) is 13.4. The van der Waals surface area contributed by atoms with E-state index in [-0.39, 0.29) is 16.9 Å². The average Bonchev–Trinajstić information content (AvgIpc) is 2.27. The number of benzene rings is 1. The zero-order valence-corrected chi connectivity index (χ0v) is 12.2. The molecule has 2 nitrogen and oxygen atoms in total. The van der Waals surface area contributed by atoms with E-state index in [1.165, 1.54) is 4.90 Å². The summed E-state index contributed by atoms with van der Waals surface area (Å²) < 4.78 is 27.6. The minimum absolute atomic E-state index is 0.228. The number of alkyl halides is 1. The van der Waals surface area contributed by atoms with Crippen LogP contribution in [-0.4, -0.2) is 29.8 Å². The lowest BCUT2D eigenvalue weighted by Crippen LogP contribution is -2.34. The molecule has 0 saturated heterocycles. The first kappa shape index (κ1) is 15.4. The first-order chi connectivity index (χ1) is 8.51. The maximum absolute atomic E-state index is 13.7. The van der Waals surface area contributed by atoms with Crippen LogP contribution in [0.1, 0.15) is 23.7 Å². The Kier molecular flexibility index (Phi) is 6.02. The third-order valence-corrected chi connectivity index (χ3v) is 2.98. The number of hydrogen-bond donors (Lipinski definition) is 0. The maximum atomic E-state index is 13.7. The van der Waals surface area contributed by atoms with Gasteiger partial charge in [0.05, 0.1) is 0 Å². The molecule has 0 aliphatic carbocycles. The van der Waals surface area contributed by atoms with Crippen molar-refractivity contribution in [1.29, 1.82) is 0 Å². The van der Waals surface area contributed by atoms with Gasteiger partial charge >= 0.3 is 0 Å². The standard InChI is InChI=1S/C12H13BrClF2NO/c1-2-4-17(5-3-14)12(18)11-9(15)6-8(13)7-10(11)16/h6-7H,2-5H2,1H3. The molecule has 1 aromatic rings. The fourth-order valence-corrected chi connectivity index (χ4v) is 2.20. The molecule has 0 saturated carbocycles. The maximum Gasteiger partial charge on any atom is 0.259 e. The van der Waals surface area contributed by atoms with Gasteiger partial charge in [0.25, 0.3) is 5.91 Å². The SMILES string of the molecule is CCCN(CCCl)C(=O)c1c(F)cc(Br)cc1F. The predicted octanol–water partition coefficient (Wildman–Crippen LogP) is 3.82. The summed E-state index contributed by atoms with van der Waals surface area (Å²) in [6, 6.07) is 2.14. The van der Waals surface area contributed by atoms with Crippen LogP contribution in [0.5, 0.6) is 0 Å². The van der Waals surface area contributed by atoms with Crippen LogP contribution in [-0.2, 0) is 0 Å². The van der Waals surface area contributed by atoms with E-state index in [4.69, 9.17) is 11.6 Å². The Labute approximate surface area is 118 Å². The molecule has 0 spiro atoms. The minimum atomic E-state index is -0.873. The molecule has 0 unspecified atom stereocenters. The molecule has 0 fully saturated rings. The van der Waals surface area contributed by atoms with E-state index in [0.29, 0.717) is 13.0 Å². The monoisotopic (exact) mass is 339 g/mol. The Balaban J connectivity index is 3.08. The van der Waals surface area contributed by atoms with Crippen molar-refractivity contribution < 1.29 is 13.6 Å². The van der Waals surface area contributed by atoms with Crippen LogP contribution < -0.4 is 0 Å². The first-order valence-electron chi connectivity index (χ1n) is 5.51. The largest absolute Gasteiger partial charge is 0.337 e. The Morgan fingerprint density at radius 3 is 2.33 bits per heavy atom. The van der Waals surface area contributed by atoms with Gasteiger partial charge in [-0.15, -0.1) is 11.6 Å². The van der Waals surface area contributed by atoms with Gasteiger partial charge in [0.1, 0.15) is 17.2 Å². The molecule has 0 N–H and O–H groups in total. The summed E-state index contributed by atoms with van der Waals surface area (Å²) in [7, 11) is 0. The summed E-state index contributed by atoms with van der Waals surface area (Å²) in [6.07, 6.45) is 0.697. The number of amides is 1. The highest BCUT2D eigenvalue weighted by Crippen LogP contribution is 2.21. The zero-order valence-electron chi connectivity index (χ0n) is 9.85. The molecule has 0 aliphatic heterocycles. The summed E-state index contributed by atoms with van der Waals surface area (Å²) in [5.41, 5.74) is -0.531. The number of nitrogens with zero attached hydrogens (tertiary/aromatic N) is 1. The van der Waals surface area contributed by atoms with Crippen molar-refractivity contribution in [2.24, 2.45) is 0 Å². The van der Waals surface area contributed by atoms with E-state index in [0.717, 1.165) is 12.1 Å². The Hall–Kier alpha value is -0.680. The van der Waals surface area contributed by atoms with Gasteiger partial charge in [-0.25, -0.2) is 8.78 Å². The highest BCUT2D eigenvalue weighted by molar-refractivity contribution is 9.10. The van der Waals surface area contributed by atoms with Gasteiger partial charge in [-0.1, -0.05) is 22.9 Å². The molecular weight excluding hydrogens is 327 g/mol. The van der Waals surface area contributed by atoms with E-state index < -0.39 is 23.1 Å². The summed E-state index contributed by atoms with van der Waals surface area (Å²) in [5.74, 6) is -2.18. The van der Waals surface area contributed by atoms with Crippen molar-refractivity contribution in [2.45, 2.75) is 13.3 Å². The van der Waals surface area contributed by atoms with Gasteiger partial charge in [-0.3, -0.25) is 4.79 Å². The average molecular weight is 341 g/mol. The fraction of sp³-hybridized carbons (Fsp3) is 0.417. The minimum Gasteiger partial charge on any atom is -0.337 e. The van der Waals surface area contributed by atoms with Crippen molar-refractivity contribution in [3.8, 4) is 0 Å². The summed E-state index contributed by atoms with van der Waals surface area (Å²) in [6.45, 7) is 2.56. The highest BCUT2D eigenvalue weighted by Gasteiger charge is 2.23. The van der Waals surface area contributed by atoms with Crippen LogP contribution >= 0.6 is 27.5 Å². The molecule has 0 bridgehead atoms. The van der Waals surface area contributed by atoms with Gasteiger partial charge < -0.3 is 4.90 Å². The number of rotatable bonds is 5. The third kappa shape index (κ3) is 3.65. The van der Waals surface area contributed by atoms with Crippen molar-refractivity contribution in [1.82, 2.24) is 4.90 Å². The van der Waals surface area contributed by atoms with E-state index in [1.807, 2.05) is 6.92 Å². The van der Waals surface area contributed by atoms with Gasteiger partial charge in [0.15, 0.2) is 0 Å². The first-order valence-corrected chi connectivity index (χ1v) is 6.83. The van der Waals surface area contributed by atoms with E-state index >= 15 is 0 Å². The second-order valence-corrected chi connectivity index (χ2v) is 5.02. The van der Waals surface area contributed by atoms with Crippen molar-refractivity contribution in [3.63, 3.8) is 0 Å². The number of carbonyl (C=O) groups excluding carboxylic acids is 1. The second kappa shape index (κ2) is 7.04. The molecule has 0 aromatic heterocycles. The molecule has 0 atom stereocenters. The van der Waals surface area contributed by atoms with E-state index in [1.54, 1.807) is 0 Å². The smallest absolute Gasteiger partial charge is 0.259 e. The quantitative estimate of drug-likeness (QED) is 0.746. The van der Waals surface area contributed by atoms with Crippen molar-refractivity contribution in [3.05, 3.63) is 33.8 Å². The third-order valence-electron chi connectivity index (χ3n) is 2.36. The number of halogens is 4. The van der Waals surface area contributed by atoms with Crippen LogP contribution in [0.3, 0.4) is 0 Å². The molecule has 0 aliphatic rings. The Morgan fingerprint density at radius 1 is 1.33 bits per heavy atom. The number of carbonyl (C=O) groups is 1. The molecule has 1 aromatic carbocycles. The van der Waals surface area contributed by atoms with Gasteiger partial charge in [-0.2, -0.15) is 0 Å². The molecule has 6 heteroatoms. The molecule has 1 amide bonds. The molecule has 18 heavy (non-hydrogen) atoms. The lowest BCUT2D eigenvalue weighted by Gasteiger charge is -2.21. The molecule has 0 heterocycles. The second-order valence-electron chi connectivity index (χ2n) is 3.73. The molecule has 100 valence electrons. The highest BCUT2D eigenvalue weighted by atomic mass is 79.9. The number of hydrogen-bond acceptors (Lipinski definition) is 1. The molecular formula is C12H13BrClF2NO. The van der Waals surface area contributed by atoms with Crippen LogP contribution in [0.15, 0.2) is 16.6 Å². The lowest BCUT2D eigenvalue weighted by molar-refractivity contribution is 0.0755. The van der Waals surface area contributed by atoms with E-state index in [2.05, 4.69) is 15.9 Å². The predicted molar refractivity (Wildman–Crippen MR) is 71.0 cm³/mol. The molecule has 0 radical (unpaired) electrons. The van der Waals surface area contributed by atoms with Crippen LogP contribution in [0.25, 0.3) is 0 Å². The Bertz CT molecular complexity index is 413. The molecule has 1 rings (SSSR count). The van der Waals surface area contributed by atoms with Gasteiger partial charge in [0, 0.05) is 23.4 Å². The lowest BCUT2D eigenvalue weighted by atomic mass is 10.1. The van der Waals surface area contributed by atoms with Crippen LogP contribution in [0.2, 0.25) is 0 Å². The topological polar surface area (TPSA) is 20.3 Å². The zero-order chi connectivity index (χ0) is 13.7. The normalized spacial score (nSPS) is 10.5. The van der Waals surface area contributed by atoms with Crippen molar-refractivity contribution in [2.75, 3.05) is 19.0 Å². The summed E-state index contributed by atoms with van der Waals surface area (Å²) >= 11 is 8.55.